The Hall–Kier alpha value is -1.35. The Morgan fingerprint density at radius 2 is 2.07 bits per heavy atom. The van der Waals surface area contributed by atoms with Crippen LogP contribution >= 0.6 is 0 Å². The predicted octanol–water partition coefficient (Wildman–Crippen LogP) is 2.10. The minimum absolute atomic E-state index is 0.103. The predicted molar refractivity (Wildman–Crippen MR) is 59.4 cm³/mol. The molecule has 0 aliphatic carbocycles. The summed E-state index contributed by atoms with van der Waals surface area (Å²) in [6, 6.07) is 9.74. The number of hydrogen-bond donors (Lipinski definition) is 2. The Labute approximate surface area is 84.5 Å². The molecule has 1 unspecified atom stereocenters. The first-order valence-electron chi connectivity index (χ1n) is 4.70. The van der Waals surface area contributed by atoms with E-state index in [4.69, 9.17) is 5.11 Å². The molecule has 0 bridgehead atoms. The summed E-state index contributed by atoms with van der Waals surface area (Å²) in [6.07, 6.45) is 0. The van der Waals surface area contributed by atoms with Crippen LogP contribution < -0.4 is 5.43 Å². The van der Waals surface area contributed by atoms with Gasteiger partial charge in [0.15, 0.2) is 0 Å². The van der Waals surface area contributed by atoms with Crippen LogP contribution in [0.4, 0.5) is 5.69 Å². The molecule has 2 N–H and O–H groups in total. The van der Waals surface area contributed by atoms with Crippen molar-refractivity contribution in [2.75, 3.05) is 12.0 Å². The maximum atomic E-state index is 8.89. The number of para-hydroxylation sites is 1. The van der Waals surface area contributed by atoms with Crippen LogP contribution in [0.15, 0.2) is 35.4 Å². The molecular weight excluding hydrogens is 176 g/mol. The SMILES string of the molecule is C/C(=N\Nc1ccccc1)C(C)CO. The minimum Gasteiger partial charge on any atom is -0.396 e. The second-order valence-corrected chi connectivity index (χ2v) is 3.31. The molecule has 1 aromatic rings. The fourth-order valence-corrected chi connectivity index (χ4v) is 0.908. The molecule has 0 aliphatic heterocycles. The molecule has 0 aromatic heterocycles. The zero-order valence-electron chi connectivity index (χ0n) is 8.57. The number of nitrogens with zero attached hydrogens (tertiary/aromatic N) is 1. The molecule has 3 nitrogen and oxygen atoms in total. The van der Waals surface area contributed by atoms with Gasteiger partial charge >= 0.3 is 0 Å². The average molecular weight is 192 g/mol. The number of anilines is 1. The summed E-state index contributed by atoms with van der Waals surface area (Å²) in [6.45, 7) is 3.97. The first-order chi connectivity index (χ1) is 6.74. The number of benzene rings is 1. The molecule has 1 aromatic carbocycles. The van der Waals surface area contributed by atoms with Gasteiger partial charge in [-0.25, -0.2) is 0 Å². The molecule has 0 saturated heterocycles. The van der Waals surface area contributed by atoms with Crippen LogP contribution in [-0.4, -0.2) is 17.4 Å². The van der Waals surface area contributed by atoms with E-state index in [1.165, 1.54) is 0 Å². The smallest absolute Gasteiger partial charge is 0.0561 e. The highest BCUT2D eigenvalue weighted by molar-refractivity contribution is 5.84. The van der Waals surface area contributed by atoms with Crippen molar-refractivity contribution >= 4 is 11.4 Å². The van der Waals surface area contributed by atoms with Crippen molar-refractivity contribution in [3.05, 3.63) is 30.3 Å². The van der Waals surface area contributed by atoms with Crippen LogP contribution in [0.1, 0.15) is 13.8 Å². The van der Waals surface area contributed by atoms with Crippen molar-refractivity contribution in [2.45, 2.75) is 13.8 Å². The van der Waals surface area contributed by atoms with Gasteiger partial charge < -0.3 is 5.11 Å². The molecule has 14 heavy (non-hydrogen) atoms. The van der Waals surface area contributed by atoms with Crippen LogP contribution in [0, 0.1) is 5.92 Å². The molecule has 1 atom stereocenters. The van der Waals surface area contributed by atoms with Gasteiger partial charge in [0, 0.05) is 11.6 Å². The quantitative estimate of drug-likeness (QED) is 0.567. The number of nitrogens with one attached hydrogen (secondary N) is 1. The largest absolute Gasteiger partial charge is 0.396 e. The Bertz CT molecular complexity index is 295. The van der Waals surface area contributed by atoms with E-state index < -0.39 is 0 Å². The lowest BCUT2D eigenvalue weighted by Gasteiger charge is -2.07. The van der Waals surface area contributed by atoms with Gasteiger partial charge in [-0.05, 0) is 19.1 Å². The number of aliphatic hydroxyl groups excluding tert-OH is 1. The van der Waals surface area contributed by atoms with E-state index in [9.17, 15) is 0 Å². The van der Waals surface area contributed by atoms with Crippen LogP contribution in [0.2, 0.25) is 0 Å². The third kappa shape index (κ3) is 3.18. The molecule has 0 saturated carbocycles. The van der Waals surface area contributed by atoms with Gasteiger partial charge in [-0.2, -0.15) is 5.10 Å². The summed E-state index contributed by atoms with van der Waals surface area (Å²) >= 11 is 0. The summed E-state index contributed by atoms with van der Waals surface area (Å²) in [4.78, 5) is 0. The topological polar surface area (TPSA) is 44.6 Å². The molecule has 0 fully saturated rings. The van der Waals surface area contributed by atoms with E-state index in [0.717, 1.165) is 11.4 Å². The van der Waals surface area contributed by atoms with E-state index >= 15 is 0 Å². The van der Waals surface area contributed by atoms with Crippen LogP contribution in [0.3, 0.4) is 0 Å². The van der Waals surface area contributed by atoms with Gasteiger partial charge in [0.1, 0.15) is 0 Å². The summed E-state index contributed by atoms with van der Waals surface area (Å²) in [5.74, 6) is 0.103. The molecular formula is C11H16N2O. The van der Waals surface area contributed by atoms with Crippen molar-refractivity contribution in [1.82, 2.24) is 0 Å². The van der Waals surface area contributed by atoms with E-state index in [-0.39, 0.29) is 12.5 Å². The van der Waals surface area contributed by atoms with Crippen molar-refractivity contribution in [2.24, 2.45) is 11.0 Å². The highest BCUT2D eigenvalue weighted by atomic mass is 16.3. The highest BCUT2D eigenvalue weighted by Gasteiger charge is 2.02. The minimum atomic E-state index is 0.103. The van der Waals surface area contributed by atoms with Crippen LogP contribution in [0.25, 0.3) is 0 Å². The summed E-state index contributed by atoms with van der Waals surface area (Å²) in [5.41, 5.74) is 4.79. The third-order valence-electron chi connectivity index (χ3n) is 2.12. The molecule has 1 rings (SSSR count). The van der Waals surface area contributed by atoms with Gasteiger partial charge in [-0.1, -0.05) is 25.1 Å². The molecule has 0 aliphatic rings. The van der Waals surface area contributed by atoms with Gasteiger partial charge in [-0.3, -0.25) is 5.43 Å². The number of rotatable bonds is 4. The molecule has 3 heteroatoms. The maximum absolute atomic E-state index is 8.89. The Kier molecular flexibility index (Phi) is 4.13. The summed E-state index contributed by atoms with van der Waals surface area (Å²) in [7, 11) is 0. The summed E-state index contributed by atoms with van der Waals surface area (Å²) < 4.78 is 0. The second kappa shape index (κ2) is 5.40. The normalized spacial score (nSPS) is 13.8. The van der Waals surface area contributed by atoms with Gasteiger partial charge in [0.25, 0.3) is 0 Å². The van der Waals surface area contributed by atoms with E-state index in [1.807, 2.05) is 44.2 Å². The Balaban J connectivity index is 2.55. The first-order valence-corrected chi connectivity index (χ1v) is 4.70. The van der Waals surface area contributed by atoms with E-state index in [2.05, 4.69) is 10.5 Å². The highest BCUT2D eigenvalue weighted by Crippen LogP contribution is 2.05. The van der Waals surface area contributed by atoms with Gasteiger partial charge in [-0.15, -0.1) is 0 Å². The zero-order valence-corrected chi connectivity index (χ0v) is 8.57. The fourth-order valence-electron chi connectivity index (χ4n) is 0.908. The van der Waals surface area contributed by atoms with Gasteiger partial charge in [0.2, 0.25) is 0 Å². The summed E-state index contributed by atoms with van der Waals surface area (Å²) in [5, 5.41) is 13.1. The van der Waals surface area contributed by atoms with Crippen molar-refractivity contribution in [3.8, 4) is 0 Å². The molecule has 0 heterocycles. The maximum Gasteiger partial charge on any atom is 0.0561 e. The fraction of sp³-hybridized carbons (Fsp3) is 0.364. The standard InChI is InChI=1S/C11H16N2O/c1-9(8-14)10(2)12-13-11-6-4-3-5-7-11/h3-7,9,13-14H,8H2,1-2H3/b12-10+. The lowest BCUT2D eigenvalue weighted by Crippen LogP contribution is -2.12. The van der Waals surface area contributed by atoms with Crippen molar-refractivity contribution < 1.29 is 5.11 Å². The van der Waals surface area contributed by atoms with Crippen molar-refractivity contribution in [1.29, 1.82) is 0 Å². The van der Waals surface area contributed by atoms with Crippen LogP contribution in [-0.2, 0) is 0 Å². The monoisotopic (exact) mass is 192 g/mol. The van der Waals surface area contributed by atoms with Crippen LogP contribution in [0.5, 0.6) is 0 Å². The number of hydrazone groups is 1. The molecule has 0 amide bonds. The molecule has 76 valence electrons. The lowest BCUT2D eigenvalue weighted by atomic mass is 10.1. The first kappa shape index (κ1) is 10.7. The third-order valence-corrected chi connectivity index (χ3v) is 2.12. The van der Waals surface area contributed by atoms with Crippen molar-refractivity contribution in [3.63, 3.8) is 0 Å². The number of aliphatic hydroxyl groups is 1. The zero-order chi connectivity index (χ0) is 10.4. The lowest BCUT2D eigenvalue weighted by molar-refractivity contribution is 0.269. The Morgan fingerprint density at radius 1 is 1.43 bits per heavy atom. The van der Waals surface area contributed by atoms with Gasteiger partial charge in [0.05, 0.1) is 12.3 Å². The second-order valence-electron chi connectivity index (χ2n) is 3.31. The van der Waals surface area contributed by atoms with E-state index in [0.29, 0.717) is 0 Å². The number of hydrogen-bond acceptors (Lipinski definition) is 3. The Morgan fingerprint density at radius 3 is 2.64 bits per heavy atom. The van der Waals surface area contributed by atoms with E-state index in [1.54, 1.807) is 0 Å². The molecule has 0 spiro atoms. The average Bonchev–Trinajstić information content (AvgIpc) is 2.26. The molecule has 0 radical (unpaired) electrons.